The number of carbonyl (C=O) groups excluding carboxylic acids is 3. The Kier molecular flexibility index (Phi) is 6.17. The second-order valence-corrected chi connectivity index (χ2v) is 7.54. The number of rotatable bonds is 6. The van der Waals surface area contributed by atoms with Crippen LogP contribution in [0.5, 0.6) is 5.75 Å². The Morgan fingerprint density at radius 2 is 1.48 bits per heavy atom. The van der Waals surface area contributed by atoms with E-state index in [9.17, 15) is 19.5 Å². The number of aromatic hydroxyl groups is 1. The number of benzene rings is 4. The lowest BCUT2D eigenvalue weighted by atomic mass is 10.1. The highest BCUT2D eigenvalue weighted by Crippen LogP contribution is 2.28. The molecule has 0 fully saturated rings. The van der Waals surface area contributed by atoms with Crippen molar-refractivity contribution >= 4 is 34.1 Å². The van der Waals surface area contributed by atoms with Crippen molar-refractivity contribution in [1.29, 1.82) is 0 Å². The summed E-state index contributed by atoms with van der Waals surface area (Å²) < 4.78 is 5.59. The zero-order chi connectivity index (χ0) is 23.4. The van der Waals surface area contributed by atoms with Gasteiger partial charge >= 0.3 is 5.97 Å². The lowest BCUT2D eigenvalue weighted by Crippen LogP contribution is -2.26. The summed E-state index contributed by atoms with van der Waals surface area (Å²) in [7, 11) is 0. The minimum atomic E-state index is -1.27. The first-order valence-electron chi connectivity index (χ1n) is 10.3. The van der Waals surface area contributed by atoms with E-state index in [0.29, 0.717) is 16.8 Å². The number of fused-ring (bicyclic) bond motifs is 1. The average Bonchev–Trinajstić information content (AvgIpc) is 2.82. The van der Waals surface area contributed by atoms with Crippen LogP contribution >= 0.6 is 0 Å². The number of ketones is 1. The highest BCUT2D eigenvalue weighted by Gasteiger charge is 2.27. The van der Waals surface area contributed by atoms with E-state index in [1.165, 1.54) is 19.1 Å². The lowest BCUT2D eigenvalue weighted by Gasteiger charge is -2.19. The second kappa shape index (κ2) is 9.36. The molecular formula is C27H21NO5. The van der Waals surface area contributed by atoms with Crippen molar-refractivity contribution in [3.8, 4) is 5.75 Å². The number of esters is 1. The quantitative estimate of drug-likeness (QED) is 0.315. The zero-order valence-electron chi connectivity index (χ0n) is 17.8. The minimum absolute atomic E-state index is 0.0407. The highest BCUT2D eigenvalue weighted by molar-refractivity contribution is 6.02. The van der Waals surface area contributed by atoms with Crippen LogP contribution in [0.2, 0.25) is 0 Å². The normalized spacial score (nSPS) is 11.5. The molecule has 4 rings (SSSR count). The third-order valence-electron chi connectivity index (χ3n) is 5.19. The van der Waals surface area contributed by atoms with Gasteiger partial charge in [0.25, 0.3) is 5.91 Å². The van der Waals surface area contributed by atoms with Gasteiger partial charge in [-0.15, -0.1) is 0 Å². The van der Waals surface area contributed by atoms with Gasteiger partial charge in [0.05, 0.1) is 0 Å². The molecule has 0 bridgehead atoms. The number of hydrogen-bond acceptors (Lipinski definition) is 5. The van der Waals surface area contributed by atoms with Crippen LogP contribution in [-0.2, 0) is 9.53 Å². The summed E-state index contributed by atoms with van der Waals surface area (Å²) in [6.45, 7) is 1.44. The predicted molar refractivity (Wildman–Crippen MR) is 125 cm³/mol. The monoisotopic (exact) mass is 439 g/mol. The number of anilines is 1. The molecule has 0 unspecified atom stereocenters. The van der Waals surface area contributed by atoms with Crippen LogP contribution in [0.1, 0.15) is 39.3 Å². The fraction of sp³-hybridized carbons (Fsp3) is 0.0741. The van der Waals surface area contributed by atoms with Gasteiger partial charge in [-0.05, 0) is 42.0 Å². The second-order valence-electron chi connectivity index (χ2n) is 7.54. The van der Waals surface area contributed by atoms with Crippen molar-refractivity contribution < 1.29 is 24.2 Å². The van der Waals surface area contributed by atoms with Crippen LogP contribution in [-0.4, -0.2) is 22.8 Å². The summed E-state index contributed by atoms with van der Waals surface area (Å²) in [5, 5.41) is 14.6. The number of Topliss-reactive ketones (excluding diaryl/α,β-unsaturated/α-hetero) is 1. The number of phenolic OH excluding ortho intramolecular Hbond substituents is 1. The van der Waals surface area contributed by atoms with Gasteiger partial charge in [0.1, 0.15) is 11.3 Å². The molecule has 6 nitrogen and oxygen atoms in total. The maximum absolute atomic E-state index is 13.1. The van der Waals surface area contributed by atoms with E-state index >= 15 is 0 Å². The minimum Gasteiger partial charge on any atom is -0.507 e. The number of ether oxygens (including phenoxy) is 1. The Balaban J connectivity index is 1.63. The highest BCUT2D eigenvalue weighted by atomic mass is 16.5. The number of amides is 1. The molecule has 1 amide bonds. The molecule has 0 radical (unpaired) electrons. The molecular weight excluding hydrogens is 418 g/mol. The molecule has 6 heteroatoms. The third-order valence-corrected chi connectivity index (χ3v) is 5.19. The number of nitrogens with one attached hydrogen (secondary N) is 1. The Labute approximate surface area is 190 Å². The van der Waals surface area contributed by atoms with Crippen LogP contribution < -0.4 is 5.32 Å². The lowest BCUT2D eigenvalue weighted by molar-refractivity contribution is -0.125. The molecule has 0 aliphatic heterocycles. The fourth-order valence-electron chi connectivity index (χ4n) is 3.49. The first-order valence-corrected chi connectivity index (χ1v) is 10.3. The molecule has 33 heavy (non-hydrogen) atoms. The Morgan fingerprint density at radius 1 is 0.818 bits per heavy atom. The van der Waals surface area contributed by atoms with E-state index in [0.717, 1.165) is 10.8 Å². The summed E-state index contributed by atoms with van der Waals surface area (Å²) in [6.07, 6.45) is -1.27. The summed E-state index contributed by atoms with van der Waals surface area (Å²) in [5.74, 6) is -1.79. The first-order chi connectivity index (χ1) is 15.9. The standard InChI is InChI=1S/C27H21NO5/c1-17(29)19-12-7-13-22(14-19)28-26(31)25(18-8-3-2-4-9-18)33-27(32)23-15-20-10-5-6-11-21(20)16-24(23)30/h2-16,25,30H,1H3,(H,28,31)/t25-/m1/s1. The van der Waals surface area contributed by atoms with E-state index < -0.39 is 18.0 Å². The molecule has 2 N–H and O–H groups in total. The van der Waals surface area contributed by atoms with E-state index in [1.54, 1.807) is 54.6 Å². The molecule has 164 valence electrons. The third kappa shape index (κ3) is 4.91. The van der Waals surface area contributed by atoms with E-state index in [4.69, 9.17) is 4.74 Å². The van der Waals surface area contributed by atoms with E-state index in [-0.39, 0.29) is 17.1 Å². The molecule has 0 spiro atoms. The van der Waals surface area contributed by atoms with Crippen LogP contribution in [0.25, 0.3) is 10.8 Å². The van der Waals surface area contributed by atoms with E-state index in [1.807, 2.05) is 24.3 Å². The van der Waals surface area contributed by atoms with Crippen molar-refractivity contribution in [1.82, 2.24) is 0 Å². The average molecular weight is 439 g/mol. The maximum Gasteiger partial charge on any atom is 0.343 e. The molecule has 0 heterocycles. The molecule has 0 aromatic heterocycles. The van der Waals surface area contributed by atoms with Crippen molar-refractivity contribution in [3.05, 3.63) is 108 Å². The summed E-state index contributed by atoms with van der Waals surface area (Å²) in [4.78, 5) is 37.8. The summed E-state index contributed by atoms with van der Waals surface area (Å²) >= 11 is 0. The Bertz CT molecular complexity index is 1350. The molecule has 1 atom stereocenters. The first kappa shape index (κ1) is 21.8. The molecule has 0 aliphatic rings. The molecule has 4 aromatic carbocycles. The van der Waals surface area contributed by atoms with Crippen LogP contribution in [0.15, 0.2) is 91.0 Å². The van der Waals surface area contributed by atoms with Crippen molar-refractivity contribution in [2.75, 3.05) is 5.32 Å². The van der Waals surface area contributed by atoms with Gasteiger partial charge in [0.2, 0.25) is 6.10 Å². The summed E-state index contributed by atoms with van der Waals surface area (Å²) in [6, 6.07) is 25.4. The van der Waals surface area contributed by atoms with Crippen molar-refractivity contribution in [3.63, 3.8) is 0 Å². The van der Waals surface area contributed by atoms with Crippen LogP contribution in [0, 0.1) is 0 Å². The van der Waals surface area contributed by atoms with Crippen LogP contribution in [0.4, 0.5) is 5.69 Å². The van der Waals surface area contributed by atoms with Gasteiger partial charge in [-0.2, -0.15) is 0 Å². The Morgan fingerprint density at radius 3 is 2.18 bits per heavy atom. The molecule has 4 aromatic rings. The van der Waals surface area contributed by atoms with Gasteiger partial charge in [-0.1, -0.05) is 66.7 Å². The van der Waals surface area contributed by atoms with Gasteiger partial charge < -0.3 is 15.2 Å². The van der Waals surface area contributed by atoms with Gasteiger partial charge in [0, 0.05) is 16.8 Å². The van der Waals surface area contributed by atoms with Gasteiger partial charge in [-0.25, -0.2) is 4.79 Å². The van der Waals surface area contributed by atoms with Crippen LogP contribution in [0.3, 0.4) is 0 Å². The topological polar surface area (TPSA) is 92.7 Å². The van der Waals surface area contributed by atoms with Crippen molar-refractivity contribution in [2.45, 2.75) is 13.0 Å². The van der Waals surface area contributed by atoms with Gasteiger partial charge in [-0.3, -0.25) is 9.59 Å². The fourth-order valence-corrected chi connectivity index (χ4v) is 3.49. The number of hydrogen-bond donors (Lipinski definition) is 2. The zero-order valence-corrected chi connectivity index (χ0v) is 17.8. The maximum atomic E-state index is 13.1. The largest absolute Gasteiger partial charge is 0.507 e. The predicted octanol–water partition coefficient (Wildman–Crippen LogP) is 5.28. The molecule has 0 saturated carbocycles. The smallest absolute Gasteiger partial charge is 0.343 e. The van der Waals surface area contributed by atoms with Crippen molar-refractivity contribution in [2.24, 2.45) is 0 Å². The molecule has 0 aliphatic carbocycles. The SMILES string of the molecule is CC(=O)c1cccc(NC(=O)[C@H](OC(=O)c2cc3ccccc3cc2O)c2ccccc2)c1. The summed E-state index contributed by atoms with van der Waals surface area (Å²) in [5.41, 5.74) is 1.27. The van der Waals surface area contributed by atoms with E-state index in [2.05, 4.69) is 5.32 Å². The number of carbonyl (C=O) groups is 3. The van der Waals surface area contributed by atoms with Gasteiger partial charge in [0.15, 0.2) is 5.78 Å². The Hall–Kier alpha value is -4.45. The molecule has 0 saturated heterocycles. The number of phenols is 1.